The summed E-state index contributed by atoms with van der Waals surface area (Å²) >= 11 is 5.48. The molecule has 0 aromatic carbocycles. The minimum Gasteiger partial charge on any atom is -0.309 e. The molecule has 1 aromatic heterocycles. The van der Waals surface area contributed by atoms with Gasteiger partial charge in [0.25, 0.3) is 0 Å². The van der Waals surface area contributed by atoms with E-state index < -0.39 is 0 Å². The standard InChI is InChI=1S/C6H11ClN4/c1-11-6(9-5-10-11)4-8-3-2-7/h5,8H,2-4H2,1H3. The third-order valence-electron chi connectivity index (χ3n) is 1.36. The van der Waals surface area contributed by atoms with Crippen molar-refractivity contribution in [1.82, 2.24) is 20.1 Å². The van der Waals surface area contributed by atoms with Crippen LogP contribution in [-0.2, 0) is 13.6 Å². The van der Waals surface area contributed by atoms with E-state index in [-0.39, 0.29) is 0 Å². The minimum absolute atomic E-state index is 0.623. The molecular weight excluding hydrogens is 164 g/mol. The van der Waals surface area contributed by atoms with Crippen LogP contribution in [-0.4, -0.2) is 27.2 Å². The zero-order valence-corrected chi connectivity index (χ0v) is 7.17. The van der Waals surface area contributed by atoms with E-state index in [1.807, 2.05) is 7.05 Å². The van der Waals surface area contributed by atoms with Gasteiger partial charge in [-0.25, -0.2) is 4.98 Å². The van der Waals surface area contributed by atoms with E-state index in [1.165, 1.54) is 6.33 Å². The van der Waals surface area contributed by atoms with Crippen LogP contribution in [0.5, 0.6) is 0 Å². The molecule has 0 atom stereocenters. The molecule has 0 aliphatic rings. The first kappa shape index (κ1) is 8.49. The Morgan fingerprint density at radius 1 is 1.73 bits per heavy atom. The van der Waals surface area contributed by atoms with Crippen molar-refractivity contribution in [1.29, 1.82) is 0 Å². The van der Waals surface area contributed by atoms with Crippen LogP contribution in [0.4, 0.5) is 0 Å². The topological polar surface area (TPSA) is 42.7 Å². The molecule has 0 amide bonds. The van der Waals surface area contributed by atoms with Crippen molar-refractivity contribution in [3.8, 4) is 0 Å². The monoisotopic (exact) mass is 174 g/mol. The Bertz CT molecular complexity index is 210. The van der Waals surface area contributed by atoms with Gasteiger partial charge in [0.05, 0.1) is 6.54 Å². The highest BCUT2D eigenvalue weighted by molar-refractivity contribution is 6.18. The largest absolute Gasteiger partial charge is 0.309 e. The molecule has 1 rings (SSSR count). The van der Waals surface area contributed by atoms with Gasteiger partial charge in [-0.05, 0) is 0 Å². The highest BCUT2D eigenvalue weighted by Crippen LogP contribution is 1.88. The molecule has 0 aliphatic heterocycles. The maximum atomic E-state index is 5.48. The lowest BCUT2D eigenvalue weighted by atomic mass is 10.5. The van der Waals surface area contributed by atoms with Gasteiger partial charge in [-0.15, -0.1) is 11.6 Å². The van der Waals surface area contributed by atoms with Gasteiger partial charge in [0.2, 0.25) is 0 Å². The number of alkyl halides is 1. The zero-order valence-electron chi connectivity index (χ0n) is 6.42. The normalized spacial score (nSPS) is 10.4. The molecule has 62 valence electrons. The summed E-state index contributed by atoms with van der Waals surface area (Å²) in [5, 5.41) is 7.05. The number of hydrogen-bond donors (Lipinski definition) is 1. The number of nitrogens with zero attached hydrogens (tertiary/aromatic N) is 3. The summed E-state index contributed by atoms with van der Waals surface area (Å²) in [6.45, 7) is 1.53. The highest BCUT2D eigenvalue weighted by Gasteiger charge is 1.97. The third kappa shape index (κ3) is 2.48. The second-order valence-corrected chi connectivity index (χ2v) is 2.54. The number of hydrogen-bond acceptors (Lipinski definition) is 3. The van der Waals surface area contributed by atoms with Gasteiger partial charge >= 0.3 is 0 Å². The van der Waals surface area contributed by atoms with Crippen molar-refractivity contribution in [3.63, 3.8) is 0 Å². The maximum absolute atomic E-state index is 5.48. The molecule has 0 bridgehead atoms. The molecule has 1 N–H and O–H groups in total. The van der Waals surface area contributed by atoms with E-state index in [2.05, 4.69) is 15.4 Å². The number of rotatable bonds is 4. The van der Waals surface area contributed by atoms with E-state index in [1.54, 1.807) is 4.68 Å². The fraction of sp³-hybridized carbons (Fsp3) is 0.667. The van der Waals surface area contributed by atoms with Crippen molar-refractivity contribution in [2.24, 2.45) is 7.05 Å². The Hall–Kier alpha value is -0.610. The van der Waals surface area contributed by atoms with E-state index in [0.717, 1.165) is 18.9 Å². The van der Waals surface area contributed by atoms with Crippen LogP contribution in [0.15, 0.2) is 6.33 Å². The summed E-state index contributed by atoms with van der Waals surface area (Å²) in [6, 6.07) is 0. The summed E-state index contributed by atoms with van der Waals surface area (Å²) in [5.74, 6) is 1.55. The summed E-state index contributed by atoms with van der Waals surface area (Å²) in [7, 11) is 1.87. The van der Waals surface area contributed by atoms with E-state index >= 15 is 0 Å². The maximum Gasteiger partial charge on any atom is 0.140 e. The third-order valence-corrected chi connectivity index (χ3v) is 1.55. The van der Waals surface area contributed by atoms with Crippen LogP contribution in [0, 0.1) is 0 Å². The molecule has 0 saturated heterocycles. The Balaban J connectivity index is 2.32. The summed E-state index contributed by atoms with van der Waals surface area (Å²) in [5.41, 5.74) is 0. The second-order valence-electron chi connectivity index (χ2n) is 2.17. The fourth-order valence-electron chi connectivity index (χ4n) is 0.747. The van der Waals surface area contributed by atoms with Crippen LogP contribution < -0.4 is 5.32 Å². The lowest BCUT2D eigenvalue weighted by Crippen LogP contribution is -2.18. The summed E-state index contributed by atoms with van der Waals surface area (Å²) < 4.78 is 1.74. The average molecular weight is 175 g/mol. The number of aromatic nitrogens is 3. The van der Waals surface area contributed by atoms with Gasteiger partial charge in [0.1, 0.15) is 12.2 Å². The Morgan fingerprint density at radius 3 is 3.09 bits per heavy atom. The van der Waals surface area contributed by atoms with Crippen LogP contribution in [0.3, 0.4) is 0 Å². The smallest absolute Gasteiger partial charge is 0.140 e. The molecule has 0 fully saturated rings. The zero-order chi connectivity index (χ0) is 8.10. The first-order valence-electron chi connectivity index (χ1n) is 3.44. The van der Waals surface area contributed by atoms with Crippen molar-refractivity contribution >= 4 is 11.6 Å². The van der Waals surface area contributed by atoms with Gasteiger partial charge in [0, 0.05) is 19.5 Å². The molecular formula is C6H11ClN4. The first-order chi connectivity index (χ1) is 5.34. The fourth-order valence-corrected chi connectivity index (χ4v) is 0.881. The summed E-state index contributed by atoms with van der Waals surface area (Å²) in [4.78, 5) is 4.03. The highest BCUT2D eigenvalue weighted by atomic mass is 35.5. The molecule has 4 nitrogen and oxygen atoms in total. The van der Waals surface area contributed by atoms with Gasteiger partial charge in [-0.1, -0.05) is 0 Å². The Labute approximate surface area is 70.6 Å². The van der Waals surface area contributed by atoms with Crippen molar-refractivity contribution in [2.45, 2.75) is 6.54 Å². The van der Waals surface area contributed by atoms with Crippen LogP contribution in [0.25, 0.3) is 0 Å². The molecule has 0 radical (unpaired) electrons. The summed E-state index contributed by atoms with van der Waals surface area (Å²) in [6.07, 6.45) is 1.54. The second kappa shape index (κ2) is 4.31. The lowest BCUT2D eigenvalue weighted by Gasteiger charge is -2.00. The molecule has 0 aliphatic carbocycles. The average Bonchev–Trinajstić information content (AvgIpc) is 2.37. The van der Waals surface area contributed by atoms with Crippen molar-refractivity contribution < 1.29 is 0 Å². The van der Waals surface area contributed by atoms with Gasteiger partial charge in [-0.2, -0.15) is 5.10 Å². The molecule has 0 spiro atoms. The quantitative estimate of drug-likeness (QED) is 0.522. The Kier molecular flexibility index (Phi) is 3.32. The first-order valence-corrected chi connectivity index (χ1v) is 3.97. The Morgan fingerprint density at radius 2 is 2.55 bits per heavy atom. The van der Waals surface area contributed by atoms with E-state index in [4.69, 9.17) is 11.6 Å². The minimum atomic E-state index is 0.623. The van der Waals surface area contributed by atoms with Crippen molar-refractivity contribution in [3.05, 3.63) is 12.2 Å². The van der Waals surface area contributed by atoms with Crippen LogP contribution >= 0.6 is 11.6 Å². The van der Waals surface area contributed by atoms with E-state index in [9.17, 15) is 0 Å². The SMILES string of the molecule is Cn1ncnc1CNCCCl. The van der Waals surface area contributed by atoms with Gasteiger partial charge in [-0.3, -0.25) is 4.68 Å². The molecule has 5 heteroatoms. The predicted octanol–water partition coefficient (Wildman–Crippen LogP) is 0.144. The number of halogens is 1. The van der Waals surface area contributed by atoms with Crippen LogP contribution in [0.2, 0.25) is 0 Å². The van der Waals surface area contributed by atoms with E-state index in [0.29, 0.717) is 5.88 Å². The molecule has 0 unspecified atom stereocenters. The van der Waals surface area contributed by atoms with Gasteiger partial charge in [0.15, 0.2) is 0 Å². The number of aryl methyl sites for hydroxylation is 1. The number of nitrogens with one attached hydrogen (secondary N) is 1. The lowest BCUT2D eigenvalue weighted by molar-refractivity contribution is 0.631. The molecule has 0 saturated carbocycles. The van der Waals surface area contributed by atoms with Gasteiger partial charge < -0.3 is 5.32 Å². The molecule has 1 aromatic rings. The van der Waals surface area contributed by atoms with Crippen molar-refractivity contribution in [2.75, 3.05) is 12.4 Å². The molecule has 1 heterocycles. The molecule has 11 heavy (non-hydrogen) atoms. The van der Waals surface area contributed by atoms with Crippen LogP contribution in [0.1, 0.15) is 5.82 Å². The predicted molar refractivity (Wildman–Crippen MR) is 43.4 cm³/mol.